The fraction of sp³-hybridized carbons (Fsp3) is 0.750. The Balaban J connectivity index is 2.21. The second-order valence-corrected chi connectivity index (χ2v) is 3.41. The van der Waals surface area contributed by atoms with Crippen LogP contribution in [0, 0.1) is 17.2 Å². The van der Waals surface area contributed by atoms with Gasteiger partial charge in [0.05, 0.1) is 19.0 Å². The summed E-state index contributed by atoms with van der Waals surface area (Å²) in [5, 5.41) is 20.7. The average molecular weight is 177 g/mol. The maximum atomic E-state index is 8.87. The summed E-state index contributed by atoms with van der Waals surface area (Å²) in [6.45, 7) is 0. The molecule has 0 amide bonds. The molecule has 5 heteroatoms. The van der Waals surface area contributed by atoms with Crippen LogP contribution in [0.5, 0.6) is 0 Å². The van der Waals surface area contributed by atoms with E-state index in [0.29, 0.717) is 0 Å². The van der Waals surface area contributed by atoms with Crippen LogP contribution in [-0.4, -0.2) is 20.2 Å². The van der Waals surface area contributed by atoms with E-state index >= 15 is 0 Å². The molecule has 1 heterocycles. The third kappa shape index (κ3) is 1.39. The first-order valence-corrected chi connectivity index (χ1v) is 4.45. The number of hydrogen-bond acceptors (Lipinski definition) is 4. The van der Waals surface area contributed by atoms with E-state index in [1.54, 1.807) is 7.05 Å². The summed E-state index contributed by atoms with van der Waals surface area (Å²) in [5.41, 5.74) is 0. The van der Waals surface area contributed by atoms with Gasteiger partial charge in [-0.25, -0.2) is 0 Å². The molecule has 1 aromatic heterocycles. The molecule has 2 atom stereocenters. The predicted molar refractivity (Wildman–Crippen MR) is 44.5 cm³/mol. The Morgan fingerprint density at radius 1 is 1.54 bits per heavy atom. The van der Waals surface area contributed by atoms with Crippen LogP contribution in [0.4, 0.5) is 0 Å². The quantitative estimate of drug-likeness (QED) is 0.630. The molecule has 1 aliphatic rings. The van der Waals surface area contributed by atoms with Crippen LogP contribution in [-0.2, 0) is 7.05 Å². The van der Waals surface area contributed by atoms with Crippen LogP contribution in [0.3, 0.4) is 0 Å². The van der Waals surface area contributed by atoms with Gasteiger partial charge in [0, 0.05) is 5.92 Å². The number of aryl methyl sites for hydroxylation is 1. The van der Waals surface area contributed by atoms with E-state index < -0.39 is 0 Å². The lowest BCUT2D eigenvalue weighted by atomic mass is 9.97. The fourth-order valence-electron chi connectivity index (χ4n) is 1.87. The van der Waals surface area contributed by atoms with Crippen molar-refractivity contribution in [2.75, 3.05) is 0 Å². The Morgan fingerprint density at radius 2 is 2.38 bits per heavy atom. The van der Waals surface area contributed by atoms with Gasteiger partial charge in [0.1, 0.15) is 0 Å². The number of nitriles is 1. The molecule has 0 N–H and O–H groups in total. The molecule has 68 valence electrons. The number of aromatic nitrogens is 4. The Morgan fingerprint density at radius 3 is 3.00 bits per heavy atom. The van der Waals surface area contributed by atoms with Gasteiger partial charge < -0.3 is 0 Å². The molecule has 5 nitrogen and oxygen atoms in total. The number of nitrogens with zero attached hydrogens (tertiary/aromatic N) is 5. The molecule has 0 spiro atoms. The first kappa shape index (κ1) is 8.17. The van der Waals surface area contributed by atoms with Gasteiger partial charge >= 0.3 is 0 Å². The van der Waals surface area contributed by atoms with Gasteiger partial charge in [-0.15, -0.1) is 10.2 Å². The number of tetrazole rings is 1. The maximum absolute atomic E-state index is 8.87. The summed E-state index contributed by atoms with van der Waals surface area (Å²) < 4.78 is 0. The van der Waals surface area contributed by atoms with Crippen molar-refractivity contribution in [1.29, 1.82) is 5.26 Å². The Hall–Kier alpha value is -1.44. The molecule has 1 aliphatic carbocycles. The Kier molecular flexibility index (Phi) is 1.97. The highest BCUT2D eigenvalue weighted by molar-refractivity contribution is 5.06. The SMILES string of the molecule is Cn1nnc(C2CCCC2C#N)n1. The first-order chi connectivity index (χ1) is 6.31. The molecule has 1 fully saturated rings. The van der Waals surface area contributed by atoms with Crippen LogP contribution in [0.1, 0.15) is 31.0 Å². The second-order valence-electron chi connectivity index (χ2n) is 3.41. The molecule has 1 saturated carbocycles. The van der Waals surface area contributed by atoms with Crippen molar-refractivity contribution in [1.82, 2.24) is 20.2 Å². The minimum absolute atomic E-state index is 0.0872. The summed E-state index contributed by atoms with van der Waals surface area (Å²) in [7, 11) is 1.74. The van der Waals surface area contributed by atoms with E-state index in [0.717, 1.165) is 25.1 Å². The van der Waals surface area contributed by atoms with Crippen LogP contribution in [0.2, 0.25) is 0 Å². The van der Waals surface area contributed by atoms with Crippen LogP contribution >= 0.6 is 0 Å². The lowest BCUT2D eigenvalue weighted by Crippen LogP contribution is -2.06. The number of hydrogen-bond donors (Lipinski definition) is 0. The van der Waals surface area contributed by atoms with Gasteiger partial charge in [-0.05, 0) is 18.1 Å². The van der Waals surface area contributed by atoms with E-state index in [1.165, 1.54) is 4.80 Å². The van der Waals surface area contributed by atoms with E-state index in [1.807, 2.05) is 0 Å². The molecule has 2 rings (SSSR count). The van der Waals surface area contributed by atoms with Crippen molar-refractivity contribution < 1.29 is 0 Å². The smallest absolute Gasteiger partial charge is 0.179 e. The lowest BCUT2D eigenvalue weighted by molar-refractivity contribution is 0.562. The van der Waals surface area contributed by atoms with Crippen LogP contribution < -0.4 is 0 Å². The van der Waals surface area contributed by atoms with Crippen LogP contribution in [0.15, 0.2) is 0 Å². The molecule has 2 unspecified atom stereocenters. The molecular formula is C8H11N5. The Labute approximate surface area is 76.4 Å². The van der Waals surface area contributed by atoms with Gasteiger partial charge in [-0.2, -0.15) is 10.1 Å². The highest BCUT2D eigenvalue weighted by Gasteiger charge is 2.31. The zero-order valence-electron chi connectivity index (χ0n) is 7.51. The first-order valence-electron chi connectivity index (χ1n) is 4.45. The summed E-state index contributed by atoms with van der Waals surface area (Å²) in [6, 6.07) is 2.30. The van der Waals surface area contributed by atoms with E-state index in [2.05, 4.69) is 21.5 Å². The highest BCUT2D eigenvalue weighted by Crippen LogP contribution is 2.37. The van der Waals surface area contributed by atoms with Gasteiger partial charge in [-0.3, -0.25) is 0 Å². The third-order valence-corrected chi connectivity index (χ3v) is 2.54. The minimum Gasteiger partial charge on any atom is -0.198 e. The molecule has 0 saturated heterocycles. The van der Waals surface area contributed by atoms with Crippen molar-refractivity contribution >= 4 is 0 Å². The van der Waals surface area contributed by atoms with Crippen LogP contribution in [0.25, 0.3) is 0 Å². The number of rotatable bonds is 1. The van der Waals surface area contributed by atoms with Crippen molar-refractivity contribution in [3.63, 3.8) is 0 Å². The van der Waals surface area contributed by atoms with Crippen molar-refractivity contribution in [3.05, 3.63) is 5.82 Å². The largest absolute Gasteiger partial charge is 0.198 e. The minimum atomic E-state index is 0.0872. The predicted octanol–water partition coefficient (Wildman–Crippen LogP) is 0.617. The van der Waals surface area contributed by atoms with Gasteiger partial charge in [-0.1, -0.05) is 6.42 Å². The van der Waals surface area contributed by atoms with Gasteiger partial charge in [0.25, 0.3) is 0 Å². The third-order valence-electron chi connectivity index (χ3n) is 2.54. The second kappa shape index (κ2) is 3.13. The normalized spacial score (nSPS) is 27.4. The molecule has 0 aliphatic heterocycles. The van der Waals surface area contributed by atoms with E-state index in [4.69, 9.17) is 5.26 Å². The summed E-state index contributed by atoms with van der Waals surface area (Å²) in [5.74, 6) is 1.02. The topological polar surface area (TPSA) is 67.4 Å². The molecule has 0 aromatic carbocycles. The molecule has 1 aromatic rings. The zero-order valence-corrected chi connectivity index (χ0v) is 7.51. The zero-order chi connectivity index (χ0) is 9.26. The van der Waals surface area contributed by atoms with Crippen molar-refractivity contribution in [2.45, 2.75) is 25.2 Å². The molecular weight excluding hydrogens is 166 g/mol. The summed E-state index contributed by atoms with van der Waals surface area (Å²) >= 11 is 0. The fourth-order valence-corrected chi connectivity index (χ4v) is 1.87. The van der Waals surface area contributed by atoms with E-state index in [-0.39, 0.29) is 11.8 Å². The van der Waals surface area contributed by atoms with Gasteiger partial charge in [0.2, 0.25) is 0 Å². The average Bonchev–Trinajstić information content (AvgIpc) is 2.71. The molecule has 0 bridgehead atoms. The van der Waals surface area contributed by atoms with Gasteiger partial charge in [0.15, 0.2) is 5.82 Å². The standard InChI is InChI=1S/C8H11N5/c1-13-11-8(10-12-13)7-4-2-3-6(7)5-9/h6-7H,2-4H2,1H3. The van der Waals surface area contributed by atoms with Crippen molar-refractivity contribution in [3.8, 4) is 6.07 Å². The van der Waals surface area contributed by atoms with E-state index in [9.17, 15) is 0 Å². The summed E-state index contributed by atoms with van der Waals surface area (Å²) in [6.07, 6.45) is 3.09. The molecule has 0 radical (unpaired) electrons. The Bertz CT molecular complexity index is 337. The maximum Gasteiger partial charge on any atom is 0.179 e. The molecule has 13 heavy (non-hydrogen) atoms. The highest BCUT2D eigenvalue weighted by atomic mass is 15.6. The lowest BCUT2D eigenvalue weighted by Gasteiger charge is -2.06. The monoisotopic (exact) mass is 177 g/mol. The summed E-state index contributed by atoms with van der Waals surface area (Å²) in [4.78, 5) is 1.45. The van der Waals surface area contributed by atoms with Crippen molar-refractivity contribution in [2.24, 2.45) is 13.0 Å².